The number of nitriles is 1. The number of amides is 1. The van der Waals surface area contributed by atoms with Gasteiger partial charge in [-0.05, 0) is 60.4 Å². The Hall–Kier alpha value is -5.21. The summed E-state index contributed by atoms with van der Waals surface area (Å²) in [5, 5.41) is 28.7. The lowest BCUT2D eigenvalue weighted by molar-refractivity contribution is 0.209. The maximum Gasteiger partial charge on any atom is 0.409 e. The average Bonchev–Trinajstić information content (AvgIpc) is 3.68. The van der Waals surface area contributed by atoms with E-state index in [0.29, 0.717) is 46.2 Å². The highest BCUT2D eigenvalue weighted by atomic mass is 35.5. The second-order valence-corrected chi connectivity index (χ2v) is 9.45. The smallest absolute Gasteiger partial charge is 0.409 e. The van der Waals surface area contributed by atoms with Gasteiger partial charge in [-0.25, -0.2) is 14.5 Å². The Balaban J connectivity index is 1.33. The number of aromatic amines is 1. The topological polar surface area (TPSA) is 155 Å². The van der Waals surface area contributed by atoms with Crippen molar-refractivity contribution >= 4 is 23.4 Å². The number of aromatic nitrogens is 6. The van der Waals surface area contributed by atoms with Crippen molar-refractivity contribution in [2.75, 3.05) is 5.32 Å². The largest absolute Gasteiger partial charge is 0.465 e. The van der Waals surface area contributed by atoms with Crippen LogP contribution in [0.5, 0.6) is 0 Å². The number of hydrogen-bond donors (Lipinski definition) is 3. The first-order valence-corrected chi connectivity index (χ1v) is 12.3. The van der Waals surface area contributed by atoms with Crippen molar-refractivity contribution in [1.29, 1.82) is 5.26 Å². The number of halogens is 1. The minimum absolute atomic E-state index is 0.172. The van der Waals surface area contributed by atoms with Gasteiger partial charge in [-0.1, -0.05) is 28.9 Å². The van der Waals surface area contributed by atoms with Crippen molar-refractivity contribution in [3.63, 3.8) is 0 Å². The number of carbonyl (C=O) groups is 1. The fraction of sp³-hybridized carbons (Fsp3) is 0.111. The number of carboxylic acid groups (broad SMARTS) is 1. The molecule has 0 unspecified atom stereocenters. The van der Waals surface area contributed by atoms with E-state index in [-0.39, 0.29) is 17.3 Å². The molecular weight excluding hydrogens is 520 g/mol. The van der Waals surface area contributed by atoms with Gasteiger partial charge >= 0.3 is 6.09 Å². The van der Waals surface area contributed by atoms with Crippen molar-refractivity contribution in [2.45, 2.75) is 18.9 Å². The van der Waals surface area contributed by atoms with E-state index in [2.05, 4.69) is 25.6 Å². The van der Waals surface area contributed by atoms with E-state index in [1.165, 1.54) is 10.9 Å². The molecule has 12 heteroatoms. The molecule has 192 valence electrons. The monoisotopic (exact) mass is 538 g/mol. The van der Waals surface area contributed by atoms with Crippen molar-refractivity contribution in [3.8, 4) is 34.1 Å². The predicted octanol–water partition coefficient (Wildman–Crippen LogP) is 4.64. The van der Waals surface area contributed by atoms with Crippen molar-refractivity contribution in [1.82, 2.24) is 29.5 Å². The molecule has 0 radical (unpaired) electrons. The molecule has 6 rings (SSSR count). The third-order valence-corrected chi connectivity index (χ3v) is 6.85. The van der Waals surface area contributed by atoms with Crippen molar-refractivity contribution in [2.24, 2.45) is 0 Å². The van der Waals surface area contributed by atoms with Crippen LogP contribution in [0.4, 0.5) is 10.5 Å². The number of fused-ring (bicyclic) bond motifs is 1. The van der Waals surface area contributed by atoms with Crippen LogP contribution in [-0.2, 0) is 6.42 Å². The highest BCUT2D eigenvalue weighted by Crippen LogP contribution is 2.34. The highest BCUT2D eigenvalue weighted by molar-refractivity contribution is 6.31. The normalized spacial score (nSPS) is 14.1. The number of nitrogens with zero attached hydrogens (tertiary/aromatic N) is 6. The fourth-order valence-electron chi connectivity index (χ4n) is 4.89. The molecule has 0 bridgehead atoms. The minimum Gasteiger partial charge on any atom is -0.465 e. The molecule has 0 aliphatic carbocycles. The SMILES string of the molecule is N#Cc1cn(-c2ccc(Cl)cc2-c2cc3n(c(=O)c2)[C@H](c2ncc(-c4ccc(NC(=O)O)cc4)[nH]2)CC3)nn1. The van der Waals surface area contributed by atoms with Gasteiger partial charge in [-0.2, -0.15) is 5.26 Å². The summed E-state index contributed by atoms with van der Waals surface area (Å²) in [6.45, 7) is 0. The molecule has 2 aromatic carbocycles. The van der Waals surface area contributed by atoms with Crippen LogP contribution in [-0.4, -0.2) is 40.7 Å². The Labute approximate surface area is 225 Å². The molecule has 4 heterocycles. The van der Waals surface area contributed by atoms with Gasteiger partial charge in [0.2, 0.25) is 0 Å². The van der Waals surface area contributed by atoms with Crippen molar-refractivity contribution < 1.29 is 9.90 Å². The molecular formula is C27H19ClN8O3. The molecule has 39 heavy (non-hydrogen) atoms. The lowest BCUT2D eigenvalue weighted by Crippen LogP contribution is -2.23. The lowest BCUT2D eigenvalue weighted by Gasteiger charge is -2.15. The zero-order chi connectivity index (χ0) is 27.1. The molecule has 1 aliphatic rings. The van der Waals surface area contributed by atoms with Gasteiger partial charge in [0, 0.05) is 28.0 Å². The molecule has 0 fully saturated rings. The summed E-state index contributed by atoms with van der Waals surface area (Å²) < 4.78 is 3.24. The zero-order valence-corrected chi connectivity index (χ0v) is 20.9. The number of anilines is 1. The van der Waals surface area contributed by atoms with E-state index in [4.69, 9.17) is 22.0 Å². The Morgan fingerprint density at radius 1 is 1.15 bits per heavy atom. The maximum absolute atomic E-state index is 13.4. The molecule has 0 saturated carbocycles. The average molecular weight is 539 g/mol. The van der Waals surface area contributed by atoms with E-state index in [1.807, 2.05) is 12.1 Å². The number of rotatable bonds is 5. The third-order valence-electron chi connectivity index (χ3n) is 6.62. The maximum atomic E-state index is 13.4. The number of aryl methyl sites for hydroxylation is 1. The second kappa shape index (κ2) is 9.59. The van der Waals surface area contributed by atoms with Crippen LogP contribution in [0.1, 0.15) is 29.7 Å². The summed E-state index contributed by atoms with van der Waals surface area (Å²) in [6.07, 6.45) is 3.48. The third kappa shape index (κ3) is 4.54. The summed E-state index contributed by atoms with van der Waals surface area (Å²) >= 11 is 6.31. The summed E-state index contributed by atoms with van der Waals surface area (Å²) in [7, 11) is 0. The number of hydrogen-bond acceptors (Lipinski definition) is 6. The van der Waals surface area contributed by atoms with Gasteiger partial charge in [0.05, 0.1) is 29.8 Å². The fourth-order valence-corrected chi connectivity index (χ4v) is 5.06. The van der Waals surface area contributed by atoms with Crippen LogP contribution in [0, 0.1) is 11.3 Å². The summed E-state index contributed by atoms with van der Waals surface area (Å²) in [6, 6.07) is 17.4. The van der Waals surface area contributed by atoms with Crippen LogP contribution in [0.25, 0.3) is 28.1 Å². The molecule has 3 N–H and O–H groups in total. The molecule has 1 atom stereocenters. The summed E-state index contributed by atoms with van der Waals surface area (Å²) in [5.74, 6) is 0.668. The zero-order valence-electron chi connectivity index (χ0n) is 20.2. The molecule has 0 spiro atoms. The predicted molar refractivity (Wildman–Crippen MR) is 143 cm³/mol. The lowest BCUT2D eigenvalue weighted by atomic mass is 10.0. The standard InChI is InChI=1S/C27H19ClN8O3/c28-17-3-7-23(35-14-19(12-29)33-34-35)21(11-17)16-9-20-6-8-24(36(20)25(37)10-16)26-30-13-22(32-26)15-1-4-18(5-2-15)31-27(38)39/h1-5,7,9-11,13-14,24,31H,6,8H2,(H,30,32)(H,38,39)/t24-/m0/s1. The van der Waals surface area contributed by atoms with E-state index >= 15 is 0 Å². The van der Waals surface area contributed by atoms with Gasteiger partial charge < -0.3 is 14.7 Å². The van der Waals surface area contributed by atoms with Crippen LogP contribution < -0.4 is 10.9 Å². The molecule has 5 aromatic rings. The van der Waals surface area contributed by atoms with Gasteiger partial charge in [-0.15, -0.1) is 5.10 Å². The Bertz CT molecular complexity index is 1830. The van der Waals surface area contributed by atoms with Crippen LogP contribution in [0.15, 0.2) is 71.8 Å². The van der Waals surface area contributed by atoms with Gasteiger partial charge in [0.15, 0.2) is 5.69 Å². The van der Waals surface area contributed by atoms with Crippen LogP contribution in [0.3, 0.4) is 0 Å². The first-order valence-electron chi connectivity index (χ1n) is 11.9. The second-order valence-electron chi connectivity index (χ2n) is 9.01. The summed E-state index contributed by atoms with van der Waals surface area (Å²) in [5.41, 5.74) is 4.97. The molecule has 11 nitrogen and oxygen atoms in total. The minimum atomic E-state index is -1.13. The molecule has 0 saturated heterocycles. The van der Waals surface area contributed by atoms with Gasteiger partial charge in [-0.3, -0.25) is 10.1 Å². The highest BCUT2D eigenvalue weighted by Gasteiger charge is 2.28. The number of benzene rings is 2. The Morgan fingerprint density at radius 2 is 1.97 bits per heavy atom. The number of pyridine rings is 1. The van der Waals surface area contributed by atoms with E-state index in [0.717, 1.165) is 17.0 Å². The van der Waals surface area contributed by atoms with Crippen molar-refractivity contribution in [3.05, 3.63) is 99.6 Å². The van der Waals surface area contributed by atoms with Crippen LogP contribution in [0.2, 0.25) is 5.02 Å². The number of H-pyrrole nitrogens is 1. The van der Waals surface area contributed by atoms with Crippen LogP contribution >= 0.6 is 11.6 Å². The molecule has 3 aromatic heterocycles. The van der Waals surface area contributed by atoms with Gasteiger partial charge in [0.1, 0.15) is 11.9 Å². The Morgan fingerprint density at radius 3 is 2.72 bits per heavy atom. The summed E-state index contributed by atoms with van der Waals surface area (Å²) in [4.78, 5) is 32.1. The van der Waals surface area contributed by atoms with Gasteiger partial charge in [0.25, 0.3) is 5.56 Å². The number of nitrogens with one attached hydrogen (secondary N) is 2. The molecule has 1 aliphatic heterocycles. The quantitative estimate of drug-likeness (QED) is 0.294. The first kappa shape index (κ1) is 24.1. The molecule has 1 amide bonds. The first-order chi connectivity index (χ1) is 18.9. The van der Waals surface area contributed by atoms with E-state index < -0.39 is 6.09 Å². The Kier molecular flexibility index (Phi) is 5.94. The van der Waals surface area contributed by atoms with E-state index in [1.54, 1.807) is 59.3 Å². The van der Waals surface area contributed by atoms with E-state index in [9.17, 15) is 9.59 Å². The number of imidazole rings is 1.